The van der Waals surface area contributed by atoms with Crippen LogP contribution < -0.4 is 14.8 Å². The van der Waals surface area contributed by atoms with Crippen LogP contribution in [0.1, 0.15) is 6.92 Å². The van der Waals surface area contributed by atoms with Gasteiger partial charge in [-0.15, -0.1) is 0 Å². The molecule has 2 aromatic rings. The highest BCUT2D eigenvalue weighted by Crippen LogP contribution is 2.27. The first-order chi connectivity index (χ1) is 12.0. The number of benzene rings is 2. The van der Waals surface area contributed by atoms with E-state index in [2.05, 4.69) is 11.9 Å². The van der Waals surface area contributed by atoms with E-state index in [0.717, 1.165) is 0 Å². The van der Waals surface area contributed by atoms with E-state index in [4.69, 9.17) is 9.47 Å². The van der Waals surface area contributed by atoms with Crippen LogP contribution >= 0.6 is 0 Å². The maximum absolute atomic E-state index is 12.2. The maximum atomic E-state index is 12.2. The number of amides is 1. The highest BCUT2D eigenvalue weighted by atomic mass is 16.6. The van der Waals surface area contributed by atoms with Crippen molar-refractivity contribution in [3.05, 3.63) is 71.3 Å². The molecule has 1 atom stereocenters. The average Bonchev–Trinajstić information content (AvgIpc) is 2.61. The minimum Gasteiger partial charge on any atom is -0.490 e. The molecule has 0 fully saturated rings. The van der Waals surface area contributed by atoms with Crippen LogP contribution in [-0.2, 0) is 4.79 Å². The van der Waals surface area contributed by atoms with Gasteiger partial charge >= 0.3 is 5.69 Å². The standard InChI is InChI=1S/C18H18N2O5/c1-3-12-24-15-10-8-14(9-11-15)19-18(21)13(2)25-17-7-5-4-6-16(17)20(22)23/h3-11,13H,1,12H2,2H3,(H,19,21)/t13-/m1/s1. The first-order valence-corrected chi connectivity index (χ1v) is 7.56. The SMILES string of the molecule is C=CCOc1ccc(NC(=O)[C@@H](C)Oc2ccccc2[N+](=O)[O-])cc1. The normalized spacial score (nSPS) is 11.2. The number of ether oxygens (including phenoxy) is 2. The van der Waals surface area contributed by atoms with E-state index in [1.807, 2.05) is 0 Å². The van der Waals surface area contributed by atoms with Gasteiger partial charge in [-0.25, -0.2) is 0 Å². The van der Waals surface area contributed by atoms with Gasteiger partial charge in [-0.2, -0.15) is 0 Å². The number of hydrogen-bond donors (Lipinski definition) is 1. The van der Waals surface area contributed by atoms with Gasteiger partial charge in [0.15, 0.2) is 11.9 Å². The quantitative estimate of drug-likeness (QED) is 0.450. The first-order valence-electron chi connectivity index (χ1n) is 7.56. The molecule has 0 bridgehead atoms. The number of anilines is 1. The summed E-state index contributed by atoms with van der Waals surface area (Å²) in [5.74, 6) is 0.281. The zero-order valence-corrected chi connectivity index (χ0v) is 13.7. The van der Waals surface area contributed by atoms with Gasteiger partial charge < -0.3 is 14.8 Å². The zero-order chi connectivity index (χ0) is 18.2. The van der Waals surface area contributed by atoms with Crippen molar-refractivity contribution in [3.8, 4) is 11.5 Å². The summed E-state index contributed by atoms with van der Waals surface area (Å²) >= 11 is 0. The van der Waals surface area contributed by atoms with E-state index in [1.165, 1.54) is 25.1 Å². The fourth-order valence-electron chi connectivity index (χ4n) is 1.99. The van der Waals surface area contributed by atoms with Crippen molar-refractivity contribution in [1.29, 1.82) is 0 Å². The number of carbonyl (C=O) groups is 1. The van der Waals surface area contributed by atoms with E-state index in [1.54, 1.807) is 36.4 Å². The summed E-state index contributed by atoms with van der Waals surface area (Å²) in [5, 5.41) is 13.7. The molecule has 1 N–H and O–H groups in total. The maximum Gasteiger partial charge on any atom is 0.310 e. The highest BCUT2D eigenvalue weighted by molar-refractivity contribution is 5.94. The molecule has 0 heterocycles. The van der Waals surface area contributed by atoms with Gasteiger partial charge in [0.25, 0.3) is 5.91 Å². The van der Waals surface area contributed by atoms with E-state index in [-0.39, 0.29) is 11.4 Å². The number of hydrogen-bond acceptors (Lipinski definition) is 5. The Kier molecular flexibility index (Phi) is 6.11. The molecule has 0 aliphatic rings. The number of carbonyl (C=O) groups excluding carboxylic acids is 1. The van der Waals surface area contributed by atoms with Crippen LogP contribution in [0, 0.1) is 10.1 Å². The van der Waals surface area contributed by atoms with Crippen LogP contribution in [-0.4, -0.2) is 23.5 Å². The second-order valence-corrected chi connectivity index (χ2v) is 5.10. The summed E-state index contributed by atoms with van der Waals surface area (Å²) < 4.78 is 10.8. The zero-order valence-electron chi connectivity index (χ0n) is 13.7. The molecule has 130 valence electrons. The Morgan fingerprint density at radius 2 is 1.96 bits per heavy atom. The predicted molar refractivity (Wildman–Crippen MR) is 94.0 cm³/mol. The van der Waals surface area contributed by atoms with Crippen molar-refractivity contribution >= 4 is 17.3 Å². The number of rotatable bonds is 8. The Balaban J connectivity index is 1.98. The van der Waals surface area contributed by atoms with Crippen LogP contribution in [0.3, 0.4) is 0 Å². The van der Waals surface area contributed by atoms with Gasteiger partial charge in [0, 0.05) is 11.8 Å². The van der Waals surface area contributed by atoms with Crippen LogP contribution in [0.15, 0.2) is 61.2 Å². The summed E-state index contributed by atoms with van der Waals surface area (Å²) in [4.78, 5) is 22.6. The van der Waals surface area contributed by atoms with Crippen molar-refractivity contribution in [1.82, 2.24) is 0 Å². The lowest BCUT2D eigenvalue weighted by Crippen LogP contribution is -2.30. The molecule has 0 saturated heterocycles. The molecule has 1 amide bonds. The van der Waals surface area contributed by atoms with Gasteiger partial charge in [0.2, 0.25) is 0 Å². The van der Waals surface area contributed by atoms with Crippen molar-refractivity contribution in [2.24, 2.45) is 0 Å². The predicted octanol–water partition coefficient (Wildman–Crippen LogP) is 3.57. The van der Waals surface area contributed by atoms with Crippen molar-refractivity contribution < 1.29 is 19.2 Å². The van der Waals surface area contributed by atoms with Crippen LogP contribution in [0.2, 0.25) is 0 Å². The molecular formula is C18H18N2O5. The smallest absolute Gasteiger partial charge is 0.310 e. The van der Waals surface area contributed by atoms with E-state index in [9.17, 15) is 14.9 Å². The third kappa shape index (κ3) is 5.07. The summed E-state index contributed by atoms with van der Waals surface area (Å²) in [7, 11) is 0. The van der Waals surface area contributed by atoms with Crippen LogP contribution in [0.25, 0.3) is 0 Å². The molecule has 0 radical (unpaired) electrons. The molecule has 7 heteroatoms. The molecule has 0 spiro atoms. The molecule has 2 aromatic carbocycles. The topological polar surface area (TPSA) is 90.7 Å². The van der Waals surface area contributed by atoms with Crippen LogP contribution in [0.4, 0.5) is 11.4 Å². The fraction of sp³-hybridized carbons (Fsp3) is 0.167. The number of para-hydroxylation sites is 2. The molecule has 25 heavy (non-hydrogen) atoms. The van der Waals surface area contributed by atoms with Gasteiger partial charge in [-0.1, -0.05) is 24.8 Å². The molecule has 0 aliphatic carbocycles. The number of nitro benzene ring substituents is 1. The van der Waals surface area contributed by atoms with E-state index >= 15 is 0 Å². The third-order valence-corrected chi connectivity index (χ3v) is 3.22. The third-order valence-electron chi connectivity index (χ3n) is 3.22. The molecule has 0 unspecified atom stereocenters. The summed E-state index contributed by atoms with van der Waals surface area (Å²) in [6.07, 6.45) is 0.732. The van der Waals surface area contributed by atoms with Gasteiger partial charge in [-0.05, 0) is 37.3 Å². The molecule has 7 nitrogen and oxygen atoms in total. The Morgan fingerprint density at radius 1 is 1.28 bits per heavy atom. The number of nitrogens with zero attached hydrogens (tertiary/aromatic N) is 1. The first kappa shape index (κ1) is 18.0. The lowest BCUT2D eigenvalue weighted by Gasteiger charge is -2.15. The number of nitrogens with one attached hydrogen (secondary N) is 1. The lowest BCUT2D eigenvalue weighted by atomic mass is 10.2. The minimum absolute atomic E-state index is 0.0447. The van der Waals surface area contributed by atoms with Gasteiger partial charge in [-0.3, -0.25) is 14.9 Å². The molecule has 2 rings (SSSR count). The fourth-order valence-corrected chi connectivity index (χ4v) is 1.99. The minimum atomic E-state index is -0.905. The van der Waals surface area contributed by atoms with Crippen molar-refractivity contribution in [3.63, 3.8) is 0 Å². The van der Waals surface area contributed by atoms with E-state index < -0.39 is 16.9 Å². The van der Waals surface area contributed by atoms with Gasteiger partial charge in [0.1, 0.15) is 12.4 Å². The Morgan fingerprint density at radius 3 is 2.60 bits per heavy atom. The average molecular weight is 342 g/mol. The lowest BCUT2D eigenvalue weighted by molar-refractivity contribution is -0.386. The molecule has 0 saturated carbocycles. The second-order valence-electron chi connectivity index (χ2n) is 5.10. The van der Waals surface area contributed by atoms with Gasteiger partial charge in [0.05, 0.1) is 4.92 Å². The number of nitro groups is 1. The van der Waals surface area contributed by atoms with Crippen molar-refractivity contribution in [2.75, 3.05) is 11.9 Å². The largest absolute Gasteiger partial charge is 0.490 e. The van der Waals surface area contributed by atoms with E-state index in [0.29, 0.717) is 18.0 Å². The monoisotopic (exact) mass is 342 g/mol. The molecular weight excluding hydrogens is 324 g/mol. The summed E-state index contributed by atoms with van der Waals surface area (Å²) in [5.41, 5.74) is 0.375. The Bertz CT molecular complexity index is 758. The summed E-state index contributed by atoms with van der Waals surface area (Å²) in [6.45, 7) is 5.48. The Hall–Kier alpha value is -3.35. The Labute approximate surface area is 145 Å². The summed E-state index contributed by atoms with van der Waals surface area (Å²) in [6, 6.07) is 12.7. The highest BCUT2D eigenvalue weighted by Gasteiger charge is 2.20. The second kappa shape index (κ2) is 8.49. The molecule has 0 aromatic heterocycles. The van der Waals surface area contributed by atoms with Crippen molar-refractivity contribution in [2.45, 2.75) is 13.0 Å². The molecule has 0 aliphatic heterocycles. The van der Waals surface area contributed by atoms with Crippen LogP contribution in [0.5, 0.6) is 11.5 Å².